The monoisotopic (exact) mass is 452 g/mol. The zero-order chi connectivity index (χ0) is 19.8. The van der Waals surface area contributed by atoms with E-state index in [0.717, 1.165) is 4.46 Å². The van der Waals surface area contributed by atoms with Crippen molar-refractivity contribution >= 4 is 46.8 Å². The van der Waals surface area contributed by atoms with Gasteiger partial charge in [-0.15, -0.1) is 0 Å². The molecule has 0 amide bonds. The van der Waals surface area contributed by atoms with E-state index in [1.807, 2.05) is 0 Å². The molecule has 0 spiro atoms. The summed E-state index contributed by atoms with van der Waals surface area (Å²) in [4.78, 5) is 23.3. The SMILES string of the molecule is Nc1nc([Se]c2ccc([N+](=O)[O-])cc2)c2ncn(C3CC(O)C(CO)O3)c2n1. The Labute approximate surface area is 164 Å². The topological polar surface area (TPSA) is 162 Å². The first-order valence-corrected chi connectivity index (χ1v) is 10.0. The average molecular weight is 451 g/mol. The summed E-state index contributed by atoms with van der Waals surface area (Å²) in [6, 6.07) is 6.25. The maximum absolute atomic E-state index is 10.8. The van der Waals surface area contributed by atoms with Crippen LogP contribution in [0.1, 0.15) is 12.6 Å². The first-order chi connectivity index (χ1) is 13.5. The fraction of sp³-hybridized carbons (Fsp3) is 0.312. The van der Waals surface area contributed by atoms with E-state index >= 15 is 0 Å². The summed E-state index contributed by atoms with van der Waals surface area (Å²) in [5.41, 5.74) is 6.92. The van der Waals surface area contributed by atoms with Crippen LogP contribution in [-0.2, 0) is 4.74 Å². The minimum absolute atomic E-state index is 0.0200. The predicted molar refractivity (Wildman–Crippen MR) is 99.5 cm³/mol. The molecular weight excluding hydrogens is 435 g/mol. The maximum atomic E-state index is 10.8. The van der Waals surface area contributed by atoms with E-state index in [1.54, 1.807) is 23.0 Å². The van der Waals surface area contributed by atoms with Crippen LogP contribution in [0.4, 0.5) is 11.6 Å². The molecule has 1 saturated heterocycles. The van der Waals surface area contributed by atoms with Crippen LogP contribution in [0.15, 0.2) is 30.6 Å². The summed E-state index contributed by atoms with van der Waals surface area (Å²) in [6.45, 7) is -0.282. The minimum atomic E-state index is -0.782. The molecule has 0 aliphatic carbocycles. The zero-order valence-electron chi connectivity index (χ0n) is 14.4. The second kappa shape index (κ2) is 7.41. The number of nitrogens with two attached hydrogens (primary N) is 1. The quantitative estimate of drug-likeness (QED) is 0.241. The van der Waals surface area contributed by atoms with Gasteiger partial charge in [0.15, 0.2) is 0 Å². The van der Waals surface area contributed by atoms with Crippen molar-refractivity contribution in [3.63, 3.8) is 0 Å². The first kappa shape index (κ1) is 18.7. The second-order valence-corrected chi connectivity index (χ2v) is 8.41. The Kier molecular flexibility index (Phi) is 4.96. The van der Waals surface area contributed by atoms with Gasteiger partial charge in [-0.2, -0.15) is 0 Å². The second-order valence-electron chi connectivity index (χ2n) is 6.18. The van der Waals surface area contributed by atoms with Crippen molar-refractivity contribution < 1.29 is 19.9 Å². The van der Waals surface area contributed by atoms with E-state index in [2.05, 4.69) is 15.0 Å². The summed E-state index contributed by atoms with van der Waals surface area (Å²) in [7, 11) is 0. The average Bonchev–Trinajstić information content (AvgIpc) is 3.25. The number of aliphatic hydroxyl groups is 2. The van der Waals surface area contributed by atoms with Gasteiger partial charge in [0.2, 0.25) is 0 Å². The summed E-state index contributed by atoms with van der Waals surface area (Å²) < 4.78 is 8.85. The molecule has 0 bridgehead atoms. The van der Waals surface area contributed by atoms with Crippen molar-refractivity contribution in [3.8, 4) is 0 Å². The number of nitro benzene ring substituents is 1. The van der Waals surface area contributed by atoms with Crippen molar-refractivity contribution in [3.05, 3.63) is 40.7 Å². The van der Waals surface area contributed by atoms with Gasteiger partial charge in [-0.25, -0.2) is 0 Å². The van der Waals surface area contributed by atoms with E-state index in [9.17, 15) is 20.3 Å². The Morgan fingerprint density at radius 2 is 2.11 bits per heavy atom. The van der Waals surface area contributed by atoms with Crippen LogP contribution >= 0.6 is 0 Å². The predicted octanol–water partition coefficient (Wildman–Crippen LogP) is -1.39. The Bertz CT molecular complexity index is 1030. The molecule has 1 fully saturated rings. The molecule has 2 aromatic heterocycles. The van der Waals surface area contributed by atoms with Gasteiger partial charge in [-0.3, -0.25) is 0 Å². The van der Waals surface area contributed by atoms with Crippen LogP contribution in [0, 0.1) is 10.1 Å². The molecule has 11 nitrogen and oxygen atoms in total. The van der Waals surface area contributed by atoms with Crippen LogP contribution < -0.4 is 14.8 Å². The van der Waals surface area contributed by atoms with E-state index in [-0.39, 0.29) is 33.2 Å². The fourth-order valence-corrected chi connectivity index (χ4v) is 4.82. The third kappa shape index (κ3) is 3.43. The number of anilines is 1. The van der Waals surface area contributed by atoms with Gasteiger partial charge in [-0.05, 0) is 0 Å². The van der Waals surface area contributed by atoms with E-state index in [0.29, 0.717) is 22.2 Å². The molecule has 146 valence electrons. The normalized spacial score (nSPS) is 22.0. The fourth-order valence-electron chi connectivity index (χ4n) is 2.99. The van der Waals surface area contributed by atoms with Crippen molar-refractivity contribution in [2.24, 2.45) is 0 Å². The molecule has 4 rings (SSSR count). The number of nitro groups is 1. The van der Waals surface area contributed by atoms with Crippen molar-refractivity contribution in [1.82, 2.24) is 19.5 Å². The Balaban J connectivity index is 1.67. The molecule has 4 N–H and O–H groups in total. The number of hydrogen-bond acceptors (Lipinski definition) is 9. The first-order valence-electron chi connectivity index (χ1n) is 8.33. The Morgan fingerprint density at radius 1 is 1.36 bits per heavy atom. The van der Waals surface area contributed by atoms with Gasteiger partial charge in [0, 0.05) is 0 Å². The van der Waals surface area contributed by atoms with Crippen LogP contribution in [0.3, 0.4) is 0 Å². The number of fused-ring (bicyclic) bond motifs is 1. The number of ether oxygens (including phenoxy) is 1. The van der Waals surface area contributed by atoms with E-state index < -0.39 is 23.4 Å². The van der Waals surface area contributed by atoms with Crippen LogP contribution in [-0.4, -0.2) is 68.4 Å². The van der Waals surface area contributed by atoms with Gasteiger partial charge in [0.1, 0.15) is 0 Å². The Morgan fingerprint density at radius 3 is 2.75 bits per heavy atom. The van der Waals surface area contributed by atoms with Crippen molar-refractivity contribution in [2.75, 3.05) is 12.3 Å². The number of rotatable bonds is 5. The molecule has 0 radical (unpaired) electrons. The van der Waals surface area contributed by atoms with Crippen LogP contribution in [0.2, 0.25) is 0 Å². The van der Waals surface area contributed by atoms with Gasteiger partial charge in [0.25, 0.3) is 0 Å². The molecule has 28 heavy (non-hydrogen) atoms. The van der Waals surface area contributed by atoms with Crippen molar-refractivity contribution in [2.45, 2.75) is 24.9 Å². The summed E-state index contributed by atoms with van der Waals surface area (Å²) in [5.74, 6) is 0.0743. The van der Waals surface area contributed by atoms with Crippen LogP contribution in [0.25, 0.3) is 11.2 Å². The Hall–Kier alpha value is -2.63. The number of nitrogen functional groups attached to an aromatic ring is 1. The van der Waals surface area contributed by atoms with E-state index in [1.165, 1.54) is 12.1 Å². The third-order valence-electron chi connectivity index (χ3n) is 4.36. The van der Waals surface area contributed by atoms with Gasteiger partial charge >= 0.3 is 164 Å². The molecule has 1 aromatic carbocycles. The van der Waals surface area contributed by atoms with Crippen LogP contribution in [0.5, 0.6) is 0 Å². The molecule has 3 atom stereocenters. The van der Waals surface area contributed by atoms with Gasteiger partial charge < -0.3 is 0 Å². The number of aliphatic hydroxyl groups excluding tert-OH is 2. The summed E-state index contributed by atoms with van der Waals surface area (Å²) in [5, 5.41) is 30.1. The molecule has 3 aromatic rings. The number of benzene rings is 1. The van der Waals surface area contributed by atoms with Crippen molar-refractivity contribution in [1.29, 1.82) is 0 Å². The number of non-ortho nitro benzene ring substituents is 1. The van der Waals surface area contributed by atoms with E-state index in [4.69, 9.17) is 10.5 Å². The number of aromatic nitrogens is 4. The number of imidazole rings is 1. The number of hydrogen-bond donors (Lipinski definition) is 3. The zero-order valence-corrected chi connectivity index (χ0v) is 16.1. The van der Waals surface area contributed by atoms with Gasteiger partial charge in [-0.1, -0.05) is 0 Å². The molecular formula is C16H16N6O5Se. The number of nitrogens with zero attached hydrogens (tertiary/aromatic N) is 5. The van der Waals surface area contributed by atoms with Gasteiger partial charge in [0.05, 0.1) is 0 Å². The molecule has 1 aliphatic heterocycles. The molecule has 12 heteroatoms. The summed E-state index contributed by atoms with van der Waals surface area (Å²) in [6.07, 6.45) is -0.124. The molecule has 3 heterocycles. The molecule has 3 unspecified atom stereocenters. The summed E-state index contributed by atoms with van der Waals surface area (Å²) >= 11 is -0.298. The standard InChI is InChI=1S/C16H16N6O5Se/c17-16-19-14-13(18-7-21(14)12-5-10(24)11(6-23)27-12)15(20-16)28-9-3-1-8(2-4-9)22(25)26/h1-4,7,10-12,23-24H,5-6H2,(H2,17,19,20). The third-order valence-corrected chi connectivity index (χ3v) is 6.43. The molecule has 1 aliphatic rings. The molecule has 0 saturated carbocycles.